The van der Waals surface area contributed by atoms with Crippen molar-refractivity contribution in [3.05, 3.63) is 34.9 Å². The van der Waals surface area contributed by atoms with Crippen molar-refractivity contribution in [2.45, 2.75) is 38.8 Å². The molecule has 1 fully saturated rings. The van der Waals surface area contributed by atoms with Gasteiger partial charge in [-0.15, -0.1) is 0 Å². The topological polar surface area (TPSA) is 15.3 Å². The molecule has 0 radical (unpaired) electrons. The number of likely N-dealkylation sites (N-methyl/N-ethyl adjacent to an activating group) is 1. The molecule has 1 aromatic rings. The Morgan fingerprint density at radius 1 is 1.32 bits per heavy atom. The van der Waals surface area contributed by atoms with Crippen molar-refractivity contribution in [2.24, 2.45) is 0 Å². The van der Waals surface area contributed by atoms with E-state index in [1.165, 1.54) is 12.1 Å². The SMILES string of the molecule is CNC1CCCN(C(C)c2cc(F)c(C)cc2F)C1. The summed E-state index contributed by atoms with van der Waals surface area (Å²) >= 11 is 0. The van der Waals surface area contributed by atoms with Crippen LogP contribution in [0.15, 0.2) is 12.1 Å². The number of nitrogens with one attached hydrogen (secondary N) is 1. The van der Waals surface area contributed by atoms with Gasteiger partial charge in [0.25, 0.3) is 0 Å². The van der Waals surface area contributed by atoms with E-state index in [0.29, 0.717) is 17.2 Å². The lowest BCUT2D eigenvalue weighted by atomic mass is 9.99. The van der Waals surface area contributed by atoms with Crippen molar-refractivity contribution >= 4 is 0 Å². The van der Waals surface area contributed by atoms with Gasteiger partial charge >= 0.3 is 0 Å². The number of aryl methyl sites for hydroxylation is 1. The number of halogens is 2. The van der Waals surface area contributed by atoms with Gasteiger partial charge in [0, 0.05) is 24.2 Å². The molecule has 2 rings (SSSR count). The summed E-state index contributed by atoms with van der Waals surface area (Å²) in [6.07, 6.45) is 2.23. The molecule has 1 heterocycles. The molecule has 0 saturated carbocycles. The smallest absolute Gasteiger partial charge is 0.128 e. The number of hydrogen-bond donors (Lipinski definition) is 1. The van der Waals surface area contributed by atoms with Gasteiger partial charge < -0.3 is 5.32 Å². The monoisotopic (exact) mass is 268 g/mol. The molecule has 1 aliphatic heterocycles. The van der Waals surface area contributed by atoms with Crippen molar-refractivity contribution < 1.29 is 8.78 Å². The van der Waals surface area contributed by atoms with Crippen molar-refractivity contribution in [1.82, 2.24) is 10.2 Å². The zero-order chi connectivity index (χ0) is 14.0. The van der Waals surface area contributed by atoms with E-state index in [1.54, 1.807) is 6.92 Å². The number of nitrogens with zero attached hydrogens (tertiary/aromatic N) is 1. The maximum absolute atomic E-state index is 14.0. The molecule has 2 atom stereocenters. The number of rotatable bonds is 3. The van der Waals surface area contributed by atoms with Crippen LogP contribution >= 0.6 is 0 Å². The first kappa shape index (κ1) is 14.4. The lowest BCUT2D eigenvalue weighted by Crippen LogP contribution is -2.45. The lowest BCUT2D eigenvalue weighted by Gasteiger charge is -2.37. The Balaban J connectivity index is 2.19. The molecular formula is C15H22F2N2. The van der Waals surface area contributed by atoms with E-state index in [0.717, 1.165) is 25.9 Å². The second-order valence-corrected chi connectivity index (χ2v) is 5.42. The maximum atomic E-state index is 14.0. The Kier molecular flexibility index (Phi) is 4.53. The molecule has 2 unspecified atom stereocenters. The summed E-state index contributed by atoms with van der Waals surface area (Å²) in [6.45, 7) is 5.36. The molecule has 0 bridgehead atoms. The highest BCUT2D eigenvalue weighted by atomic mass is 19.1. The third-order valence-corrected chi connectivity index (χ3v) is 4.14. The highest BCUT2D eigenvalue weighted by Gasteiger charge is 2.25. The van der Waals surface area contributed by atoms with E-state index in [2.05, 4.69) is 10.2 Å². The maximum Gasteiger partial charge on any atom is 0.128 e. The molecular weight excluding hydrogens is 246 g/mol. The van der Waals surface area contributed by atoms with Crippen LogP contribution in [0.5, 0.6) is 0 Å². The van der Waals surface area contributed by atoms with Crippen molar-refractivity contribution in [3.8, 4) is 0 Å². The summed E-state index contributed by atoms with van der Waals surface area (Å²) in [5.41, 5.74) is 0.819. The summed E-state index contributed by atoms with van der Waals surface area (Å²) < 4.78 is 27.6. The van der Waals surface area contributed by atoms with E-state index < -0.39 is 0 Å². The first-order valence-corrected chi connectivity index (χ1v) is 6.89. The minimum atomic E-state index is -0.328. The third-order valence-electron chi connectivity index (χ3n) is 4.14. The summed E-state index contributed by atoms with van der Waals surface area (Å²) in [4.78, 5) is 2.22. The van der Waals surface area contributed by atoms with Gasteiger partial charge in [-0.25, -0.2) is 8.78 Å². The third kappa shape index (κ3) is 3.12. The fourth-order valence-corrected chi connectivity index (χ4v) is 2.77. The molecule has 4 heteroatoms. The van der Waals surface area contributed by atoms with Gasteiger partial charge in [-0.05, 0) is 58.0 Å². The normalized spacial score (nSPS) is 22.5. The predicted octanol–water partition coefficient (Wildman–Crippen LogP) is 3.02. The molecule has 1 N–H and O–H groups in total. The Hall–Kier alpha value is -1.00. The summed E-state index contributed by atoms with van der Waals surface area (Å²) in [5.74, 6) is -0.636. The van der Waals surface area contributed by atoms with E-state index in [-0.39, 0.29) is 17.7 Å². The Morgan fingerprint density at radius 3 is 2.74 bits per heavy atom. The summed E-state index contributed by atoms with van der Waals surface area (Å²) in [6, 6.07) is 2.99. The molecule has 1 saturated heterocycles. The van der Waals surface area contributed by atoms with Gasteiger partial charge in [-0.2, -0.15) is 0 Å². The van der Waals surface area contributed by atoms with Crippen LogP contribution in [0.2, 0.25) is 0 Å². The minimum absolute atomic E-state index is 0.0914. The molecule has 19 heavy (non-hydrogen) atoms. The van der Waals surface area contributed by atoms with Crippen LogP contribution in [-0.2, 0) is 0 Å². The van der Waals surface area contributed by atoms with Crippen molar-refractivity contribution in [2.75, 3.05) is 20.1 Å². The van der Waals surface area contributed by atoms with Gasteiger partial charge in [0.2, 0.25) is 0 Å². The highest BCUT2D eigenvalue weighted by molar-refractivity contribution is 5.27. The molecule has 0 aromatic heterocycles. The molecule has 0 amide bonds. The zero-order valence-corrected chi connectivity index (χ0v) is 11.8. The number of benzene rings is 1. The van der Waals surface area contributed by atoms with E-state index in [1.807, 2.05) is 14.0 Å². The molecule has 106 valence electrons. The second-order valence-electron chi connectivity index (χ2n) is 5.42. The van der Waals surface area contributed by atoms with E-state index in [9.17, 15) is 8.78 Å². The van der Waals surface area contributed by atoms with Crippen LogP contribution in [0.4, 0.5) is 8.78 Å². The molecule has 0 spiro atoms. The Labute approximate surface area is 113 Å². The summed E-state index contributed by atoms with van der Waals surface area (Å²) in [5, 5.41) is 3.27. The molecule has 2 nitrogen and oxygen atoms in total. The first-order valence-electron chi connectivity index (χ1n) is 6.89. The number of hydrogen-bond acceptors (Lipinski definition) is 2. The Bertz CT molecular complexity index is 448. The zero-order valence-electron chi connectivity index (χ0n) is 11.8. The second kappa shape index (κ2) is 5.97. The van der Waals surface area contributed by atoms with Gasteiger partial charge in [0.05, 0.1) is 0 Å². The van der Waals surface area contributed by atoms with Gasteiger partial charge in [-0.1, -0.05) is 0 Å². The van der Waals surface area contributed by atoms with E-state index in [4.69, 9.17) is 0 Å². The standard InChI is InChI=1S/C15H22F2N2/c1-10-7-15(17)13(8-14(10)16)11(2)19-6-4-5-12(9-19)18-3/h7-8,11-12,18H,4-6,9H2,1-3H3. The largest absolute Gasteiger partial charge is 0.316 e. The number of piperidine rings is 1. The van der Waals surface area contributed by atoms with Crippen LogP contribution < -0.4 is 5.32 Å². The Morgan fingerprint density at radius 2 is 2.05 bits per heavy atom. The average molecular weight is 268 g/mol. The van der Waals surface area contributed by atoms with Gasteiger partial charge in [0.15, 0.2) is 0 Å². The predicted molar refractivity (Wildman–Crippen MR) is 73.2 cm³/mol. The minimum Gasteiger partial charge on any atom is -0.316 e. The van der Waals surface area contributed by atoms with Gasteiger partial charge in [0.1, 0.15) is 11.6 Å². The molecule has 0 aliphatic carbocycles. The molecule has 1 aromatic carbocycles. The quantitative estimate of drug-likeness (QED) is 0.906. The van der Waals surface area contributed by atoms with Crippen LogP contribution in [0.3, 0.4) is 0 Å². The molecule has 1 aliphatic rings. The van der Waals surface area contributed by atoms with Gasteiger partial charge in [-0.3, -0.25) is 4.90 Å². The van der Waals surface area contributed by atoms with Crippen LogP contribution in [0.25, 0.3) is 0 Å². The van der Waals surface area contributed by atoms with Crippen LogP contribution in [0.1, 0.15) is 36.9 Å². The lowest BCUT2D eigenvalue weighted by molar-refractivity contribution is 0.146. The van der Waals surface area contributed by atoms with Crippen LogP contribution in [0, 0.1) is 18.6 Å². The average Bonchev–Trinajstić information content (AvgIpc) is 2.42. The number of likely N-dealkylation sites (tertiary alicyclic amines) is 1. The van der Waals surface area contributed by atoms with Crippen molar-refractivity contribution in [3.63, 3.8) is 0 Å². The fourth-order valence-electron chi connectivity index (χ4n) is 2.77. The van der Waals surface area contributed by atoms with Crippen LogP contribution in [-0.4, -0.2) is 31.1 Å². The van der Waals surface area contributed by atoms with E-state index >= 15 is 0 Å². The first-order chi connectivity index (χ1) is 9.02. The summed E-state index contributed by atoms with van der Waals surface area (Å²) in [7, 11) is 1.95. The van der Waals surface area contributed by atoms with Crippen molar-refractivity contribution in [1.29, 1.82) is 0 Å². The highest BCUT2D eigenvalue weighted by Crippen LogP contribution is 2.27. The fraction of sp³-hybridized carbons (Fsp3) is 0.600.